The van der Waals surface area contributed by atoms with Gasteiger partial charge in [0.05, 0.1) is 7.11 Å². The van der Waals surface area contributed by atoms with E-state index >= 15 is 0 Å². The molecule has 1 N–H and O–H groups in total. The minimum absolute atomic E-state index is 0.216. The summed E-state index contributed by atoms with van der Waals surface area (Å²) in [5.41, 5.74) is -0.0896. The van der Waals surface area contributed by atoms with Crippen LogP contribution in [-0.4, -0.2) is 29.9 Å². The summed E-state index contributed by atoms with van der Waals surface area (Å²) in [4.78, 5) is 39.6. The average Bonchev–Trinajstić information content (AvgIpc) is 2.55. The fourth-order valence-corrected chi connectivity index (χ4v) is 2.16. The van der Waals surface area contributed by atoms with Gasteiger partial charge in [-0.25, -0.2) is 14.6 Å². The molecule has 1 amide bonds. The minimum Gasteiger partial charge on any atom is -0.467 e. The summed E-state index contributed by atoms with van der Waals surface area (Å²) in [7, 11) is 1.12. The lowest BCUT2D eigenvalue weighted by Crippen LogP contribution is -2.38. The van der Waals surface area contributed by atoms with Crippen LogP contribution < -0.4 is 10.9 Å². The molecule has 0 bridgehead atoms. The number of hydrogen-bond donors (Lipinski definition) is 1. The van der Waals surface area contributed by atoms with E-state index in [1.54, 1.807) is 13.0 Å². The number of methoxy groups -OCH3 is 1. The van der Waals surface area contributed by atoms with Gasteiger partial charge in [0.25, 0.3) is 0 Å². The molecule has 1 aromatic heterocycles. The van der Waals surface area contributed by atoms with E-state index in [1.807, 2.05) is 0 Å². The highest BCUT2D eigenvalue weighted by Gasteiger charge is 2.29. The van der Waals surface area contributed by atoms with Gasteiger partial charge in [0, 0.05) is 5.02 Å². The van der Waals surface area contributed by atoms with E-state index in [0.29, 0.717) is 16.1 Å². The number of rotatable bonds is 4. The van der Waals surface area contributed by atoms with Crippen LogP contribution in [0.15, 0.2) is 21.3 Å². The molecule has 122 valence electrons. The van der Waals surface area contributed by atoms with E-state index in [9.17, 15) is 14.4 Å². The molecule has 2 rings (SSSR count). The van der Waals surface area contributed by atoms with Crippen molar-refractivity contribution in [3.05, 3.63) is 38.8 Å². The third-order valence-corrected chi connectivity index (χ3v) is 3.76. The number of esters is 1. The van der Waals surface area contributed by atoms with Gasteiger partial charge < -0.3 is 14.5 Å². The molecule has 0 aliphatic rings. The number of aryl methyl sites for hydroxylation is 1. The Balaban J connectivity index is 2.64. The van der Waals surface area contributed by atoms with Gasteiger partial charge in [-0.05, 0) is 24.6 Å². The van der Waals surface area contributed by atoms with Crippen LogP contribution in [0.2, 0.25) is 5.02 Å². The predicted octanol–water partition coefficient (Wildman–Crippen LogP) is 1.72. The number of fused-ring (bicyclic) bond motifs is 1. The number of halogens is 2. The average molecular weight is 359 g/mol. The van der Waals surface area contributed by atoms with Crippen molar-refractivity contribution >= 4 is 46.2 Å². The lowest BCUT2D eigenvalue weighted by Gasteiger charge is -2.15. The van der Waals surface area contributed by atoms with Gasteiger partial charge >= 0.3 is 11.6 Å². The number of carbonyl (C=O) groups excluding carboxylic acids is 2. The fraction of sp³-hybridized carbons (Fsp3) is 0.286. The number of amides is 1. The van der Waals surface area contributed by atoms with Crippen LogP contribution in [0.25, 0.3) is 11.1 Å². The second-order valence-electron chi connectivity index (χ2n) is 4.56. The SMILES string of the molecule is COC(=O)C(NC(=O)CCl)c1nc2c(C)c(Cl)ccc2oc1=O. The molecule has 1 atom stereocenters. The third kappa shape index (κ3) is 3.46. The predicted molar refractivity (Wildman–Crippen MR) is 83.6 cm³/mol. The molecule has 2 aromatic rings. The third-order valence-electron chi connectivity index (χ3n) is 3.11. The van der Waals surface area contributed by atoms with Crippen molar-refractivity contribution in [2.75, 3.05) is 13.0 Å². The van der Waals surface area contributed by atoms with E-state index in [2.05, 4.69) is 15.0 Å². The van der Waals surface area contributed by atoms with Crippen molar-refractivity contribution in [2.24, 2.45) is 0 Å². The Labute approximate surface area is 140 Å². The first-order chi connectivity index (χ1) is 10.9. The van der Waals surface area contributed by atoms with E-state index < -0.39 is 29.4 Å². The van der Waals surface area contributed by atoms with Gasteiger partial charge in [0.15, 0.2) is 17.3 Å². The highest BCUT2D eigenvalue weighted by molar-refractivity contribution is 6.32. The van der Waals surface area contributed by atoms with Crippen LogP contribution in [0.5, 0.6) is 0 Å². The Bertz CT molecular complexity index is 834. The van der Waals surface area contributed by atoms with Gasteiger partial charge in [0.1, 0.15) is 11.4 Å². The molecule has 0 saturated carbocycles. The first kappa shape index (κ1) is 17.2. The maximum Gasteiger partial charge on any atom is 0.360 e. The van der Waals surface area contributed by atoms with Crippen molar-refractivity contribution in [1.29, 1.82) is 0 Å². The second kappa shape index (κ2) is 6.97. The monoisotopic (exact) mass is 358 g/mol. The van der Waals surface area contributed by atoms with Gasteiger partial charge in [-0.3, -0.25) is 4.79 Å². The fourth-order valence-electron chi connectivity index (χ4n) is 1.93. The van der Waals surface area contributed by atoms with Crippen molar-refractivity contribution in [1.82, 2.24) is 10.3 Å². The molecular formula is C14H12Cl2N2O5. The normalized spacial score (nSPS) is 12.0. The number of ether oxygens (including phenoxy) is 1. The molecule has 1 heterocycles. The smallest absolute Gasteiger partial charge is 0.360 e. The molecule has 23 heavy (non-hydrogen) atoms. The van der Waals surface area contributed by atoms with Crippen molar-refractivity contribution < 1.29 is 18.7 Å². The number of benzene rings is 1. The van der Waals surface area contributed by atoms with Crippen molar-refractivity contribution in [3.63, 3.8) is 0 Å². The van der Waals surface area contributed by atoms with E-state index in [-0.39, 0.29) is 11.3 Å². The highest BCUT2D eigenvalue weighted by atomic mass is 35.5. The molecule has 9 heteroatoms. The molecule has 0 aliphatic carbocycles. The molecule has 0 radical (unpaired) electrons. The molecular weight excluding hydrogens is 347 g/mol. The van der Waals surface area contributed by atoms with Crippen molar-refractivity contribution in [3.8, 4) is 0 Å². The van der Waals surface area contributed by atoms with Crippen LogP contribution in [0.4, 0.5) is 0 Å². The van der Waals surface area contributed by atoms with E-state index in [4.69, 9.17) is 27.6 Å². The maximum atomic E-state index is 12.1. The van der Waals surface area contributed by atoms with Gasteiger partial charge in [-0.1, -0.05) is 11.6 Å². The summed E-state index contributed by atoms with van der Waals surface area (Å²) in [6.07, 6.45) is 0. The lowest BCUT2D eigenvalue weighted by molar-refractivity contribution is -0.145. The first-order valence-corrected chi connectivity index (χ1v) is 7.33. The molecule has 0 saturated heterocycles. The standard InChI is InChI=1S/C14H12Cl2N2O5/c1-6-7(16)3-4-8-10(6)18-12(14(21)23-8)11(13(20)22-2)17-9(19)5-15/h3-4,11H,5H2,1-2H3,(H,17,19). The number of hydrogen-bond acceptors (Lipinski definition) is 6. The summed E-state index contributed by atoms with van der Waals surface area (Å²) in [5.74, 6) is -1.93. The summed E-state index contributed by atoms with van der Waals surface area (Å²) in [6, 6.07) is 1.63. The molecule has 7 nitrogen and oxygen atoms in total. The summed E-state index contributed by atoms with van der Waals surface area (Å²) in [6.45, 7) is 1.69. The van der Waals surface area contributed by atoms with Gasteiger partial charge in [-0.15, -0.1) is 11.6 Å². The van der Waals surface area contributed by atoms with E-state index in [1.165, 1.54) is 6.07 Å². The van der Waals surface area contributed by atoms with Crippen LogP contribution in [0.3, 0.4) is 0 Å². The Morgan fingerprint density at radius 1 is 1.43 bits per heavy atom. The summed E-state index contributed by atoms with van der Waals surface area (Å²) >= 11 is 11.4. The molecule has 0 spiro atoms. The Hall–Kier alpha value is -2.12. The largest absolute Gasteiger partial charge is 0.467 e. The second-order valence-corrected chi connectivity index (χ2v) is 5.24. The first-order valence-electron chi connectivity index (χ1n) is 6.42. The molecule has 0 aliphatic heterocycles. The Morgan fingerprint density at radius 3 is 2.74 bits per heavy atom. The number of alkyl halides is 1. The number of nitrogens with zero attached hydrogens (tertiary/aromatic N) is 1. The van der Waals surface area contributed by atoms with Crippen LogP contribution in [0.1, 0.15) is 17.3 Å². The Kier molecular flexibility index (Phi) is 5.23. The van der Waals surface area contributed by atoms with Gasteiger partial charge in [0.2, 0.25) is 5.91 Å². The van der Waals surface area contributed by atoms with Crippen molar-refractivity contribution in [2.45, 2.75) is 13.0 Å². The maximum absolute atomic E-state index is 12.1. The topological polar surface area (TPSA) is 98.5 Å². The lowest BCUT2D eigenvalue weighted by atomic mass is 10.1. The van der Waals surface area contributed by atoms with E-state index in [0.717, 1.165) is 7.11 Å². The zero-order chi connectivity index (χ0) is 17.1. The summed E-state index contributed by atoms with van der Waals surface area (Å²) in [5, 5.41) is 2.69. The quantitative estimate of drug-likeness (QED) is 0.659. The molecule has 0 fully saturated rings. The summed E-state index contributed by atoms with van der Waals surface area (Å²) < 4.78 is 9.74. The number of aromatic nitrogens is 1. The zero-order valence-corrected chi connectivity index (χ0v) is 13.7. The van der Waals surface area contributed by atoms with Crippen LogP contribution in [-0.2, 0) is 14.3 Å². The van der Waals surface area contributed by atoms with Crippen LogP contribution >= 0.6 is 23.2 Å². The zero-order valence-electron chi connectivity index (χ0n) is 12.2. The molecule has 1 unspecified atom stereocenters. The van der Waals surface area contributed by atoms with Gasteiger partial charge in [-0.2, -0.15) is 0 Å². The number of nitrogens with one attached hydrogen (secondary N) is 1. The Morgan fingerprint density at radius 2 is 2.13 bits per heavy atom. The highest BCUT2D eigenvalue weighted by Crippen LogP contribution is 2.24. The van der Waals surface area contributed by atoms with Crippen LogP contribution in [0, 0.1) is 6.92 Å². The number of carbonyl (C=O) groups is 2. The minimum atomic E-state index is -1.43. The molecule has 1 aromatic carbocycles.